The molecule has 1 aromatic carbocycles. The van der Waals surface area contributed by atoms with E-state index in [0.29, 0.717) is 12.5 Å². The molecule has 0 heterocycles. The molecule has 1 rings (SSSR count). The summed E-state index contributed by atoms with van der Waals surface area (Å²) in [6.07, 6.45) is 0.827. The maximum atomic E-state index is 12.2. The van der Waals surface area contributed by atoms with Gasteiger partial charge < -0.3 is 11.1 Å². The number of benzene rings is 1. The van der Waals surface area contributed by atoms with Crippen LogP contribution in [0.25, 0.3) is 0 Å². The Morgan fingerprint density at radius 2 is 2.05 bits per heavy atom. The highest BCUT2D eigenvalue weighted by Crippen LogP contribution is 2.19. The van der Waals surface area contributed by atoms with Crippen molar-refractivity contribution < 1.29 is 4.79 Å². The molecule has 1 amide bonds. The van der Waals surface area contributed by atoms with Crippen molar-refractivity contribution in [1.29, 1.82) is 0 Å². The van der Waals surface area contributed by atoms with E-state index in [4.69, 9.17) is 5.73 Å². The molecule has 0 bridgehead atoms. The standard InChI is InChI=1S/C15H23BrN2O/c1-10(2)7-13(9-17)15(19)18-11(3)12-5-4-6-14(16)8-12/h4-6,8,10-11,13H,7,9,17H2,1-3H3,(H,18,19)/t11-,13?/m0/s1. The zero-order valence-corrected chi connectivity index (χ0v) is 13.4. The minimum Gasteiger partial charge on any atom is -0.349 e. The van der Waals surface area contributed by atoms with Gasteiger partial charge in [0.15, 0.2) is 0 Å². The van der Waals surface area contributed by atoms with Crippen molar-refractivity contribution >= 4 is 21.8 Å². The Kier molecular flexibility index (Phi) is 6.52. The molecule has 1 aromatic rings. The summed E-state index contributed by atoms with van der Waals surface area (Å²) in [7, 11) is 0. The third-order valence-electron chi connectivity index (χ3n) is 3.12. The van der Waals surface area contributed by atoms with E-state index in [-0.39, 0.29) is 17.9 Å². The molecular weight excluding hydrogens is 304 g/mol. The van der Waals surface area contributed by atoms with Gasteiger partial charge in [0.25, 0.3) is 0 Å². The summed E-state index contributed by atoms with van der Waals surface area (Å²) in [5.41, 5.74) is 6.78. The summed E-state index contributed by atoms with van der Waals surface area (Å²) in [4.78, 5) is 12.2. The van der Waals surface area contributed by atoms with Gasteiger partial charge >= 0.3 is 0 Å². The molecule has 0 fully saturated rings. The van der Waals surface area contributed by atoms with Crippen molar-refractivity contribution in [3.05, 3.63) is 34.3 Å². The maximum absolute atomic E-state index is 12.2. The van der Waals surface area contributed by atoms with Gasteiger partial charge in [-0.05, 0) is 37.0 Å². The predicted octanol–water partition coefficient (Wildman–Crippen LogP) is 3.25. The number of hydrogen-bond donors (Lipinski definition) is 2. The normalized spacial score (nSPS) is 14.2. The third kappa shape index (κ3) is 5.33. The van der Waals surface area contributed by atoms with Crippen LogP contribution in [0.2, 0.25) is 0 Å². The minimum atomic E-state index is -0.102. The second-order valence-electron chi connectivity index (χ2n) is 5.35. The average molecular weight is 327 g/mol. The van der Waals surface area contributed by atoms with Gasteiger partial charge in [-0.15, -0.1) is 0 Å². The topological polar surface area (TPSA) is 55.1 Å². The lowest BCUT2D eigenvalue weighted by Crippen LogP contribution is -2.37. The molecule has 0 aliphatic carbocycles. The van der Waals surface area contributed by atoms with Crippen molar-refractivity contribution in [3.8, 4) is 0 Å². The molecule has 106 valence electrons. The summed E-state index contributed by atoms with van der Waals surface area (Å²) < 4.78 is 1.02. The molecule has 0 aliphatic heterocycles. The van der Waals surface area contributed by atoms with E-state index in [2.05, 4.69) is 35.1 Å². The van der Waals surface area contributed by atoms with Crippen LogP contribution < -0.4 is 11.1 Å². The van der Waals surface area contributed by atoms with Crippen molar-refractivity contribution in [1.82, 2.24) is 5.32 Å². The Labute approximate surface area is 124 Å². The van der Waals surface area contributed by atoms with Gasteiger partial charge in [0.05, 0.1) is 12.0 Å². The van der Waals surface area contributed by atoms with E-state index < -0.39 is 0 Å². The third-order valence-corrected chi connectivity index (χ3v) is 3.61. The van der Waals surface area contributed by atoms with Crippen LogP contribution >= 0.6 is 15.9 Å². The molecule has 0 saturated heterocycles. The molecule has 0 saturated carbocycles. The van der Waals surface area contributed by atoms with Gasteiger partial charge in [-0.3, -0.25) is 4.79 Å². The zero-order valence-electron chi connectivity index (χ0n) is 11.8. The molecule has 0 aromatic heterocycles. The Morgan fingerprint density at radius 3 is 2.58 bits per heavy atom. The summed E-state index contributed by atoms with van der Waals surface area (Å²) in [5.74, 6) is 0.416. The van der Waals surface area contributed by atoms with E-state index in [1.165, 1.54) is 0 Å². The number of halogens is 1. The first-order valence-corrected chi connectivity index (χ1v) is 7.49. The highest BCUT2D eigenvalue weighted by Gasteiger charge is 2.20. The van der Waals surface area contributed by atoms with E-state index in [0.717, 1.165) is 16.5 Å². The fourth-order valence-corrected chi connectivity index (χ4v) is 2.49. The van der Waals surface area contributed by atoms with Crippen LogP contribution in [0.4, 0.5) is 0 Å². The number of hydrogen-bond acceptors (Lipinski definition) is 2. The number of carbonyl (C=O) groups is 1. The van der Waals surface area contributed by atoms with Crippen LogP contribution in [0.3, 0.4) is 0 Å². The lowest BCUT2D eigenvalue weighted by atomic mass is 9.96. The molecule has 2 atom stereocenters. The lowest BCUT2D eigenvalue weighted by Gasteiger charge is -2.21. The van der Waals surface area contributed by atoms with Crippen LogP contribution in [0.15, 0.2) is 28.7 Å². The smallest absolute Gasteiger partial charge is 0.224 e. The van der Waals surface area contributed by atoms with Gasteiger partial charge in [-0.2, -0.15) is 0 Å². The average Bonchev–Trinajstić information content (AvgIpc) is 2.35. The summed E-state index contributed by atoms with van der Waals surface area (Å²) >= 11 is 3.44. The molecule has 1 unspecified atom stereocenters. The Bertz CT molecular complexity index is 420. The van der Waals surface area contributed by atoms with Crippen molar-refractivity contribution in [2.24, 2.45) is 17.6 Å². The SMILES string of the molecule is CC(C)CC(CN)C(=O)N[C@@H](C)c1cccc(Br)c1. The predicted molar refractivity (Wildman–Crippen MR) is 82.7 cm³/mol. The molecule has 3 nitrogen and oxygen atoms in total. The zero-order chi connectivity index (χ0) is 14.4. The first-order valence-electron chi connectivity index (χ1n) is 6.70. The van der Waals surface area contributed by atoms with Crippen LogP contribution in [0.5, 0.6) is 0 Å². The Balaban J connectivity index is 2.65. The van der Waals surface area contributed by atoms with Gasteiger partial charge in [0, 0.05) is 11.0 Å². The number of rotatable bonds is 6. The summed E-state index contributed by atoms with van der Waals surface area (Å²) in [6, 6.07) is 7.96. The van der Waals surface area contributed by atoms with Crippen molar-refractivity contribution in [2.75, 3.05) is 6.54 Å². The van der Waals surface area contributed by atoms with E-state index >= 15 is 0 Å². The maximum Gasteiger partial charge on any atom is 0.224 e. The van der Waals surface area contributed by atoms with Gasteiger partial charge in [-0.25, -0.2) is 0 Å². The van der Waals surface area contributed by atoms with Crippen molar-refractivity contribution in [3.63, 3.8) is 0 Å². The highest BCUT2D eigenvalue weighted by atomic mass is 79.9. The molecule has 3 N–H and O–H groups in total. The fraction of sp³-hybridized carbons (Fsp3) is 0.533. The van der Waals surface area contributed by atoms with E-state index in [9.17, 15) is 4.79 Å². The molecular formula is C15H23BrN2O. The van der Waals surface area contributed by atoms with Crippen molar-refractivity contribution in [2.45, 2.75) is 33.2 Å². The molecule has 4 heteroatoms. The second kappa shape index (κ2) is 7.65. The van der Waals surface area contributed by atoms with Crippen LogP contribution in [0.1, 0.15) is 38.8 Å². The largest absolute Gasteiger partial charge is 0.349 e. The molecule has 19 heavy (non-hydrogen) atoms. The van der Waals surface area contributed by atoms with Gasteiger partial charge in [0.2, 0.25) is 5.91 Å². The van der Waals surface area contributed by atoms with Crippen LogP contribution in [-0.4, -0.2) is 12.5 Å². The second-order valence-corrected chi connectivity index (χ2v) is 6.26. The molecule has 0 aliphatic rings. The van der Waals surface area contributed by atoms with Crippen LogP contribution in [-0.2, 0) is 4.79 Å². The van der Waals surface area contributed by atoms with Gasteiger partial charge in [0.1, 0.15) is 0 Å². The first-order chi connectivity index (χ1) is 8.93. The monoisotopic (exact) mass is 326 g/mol. The molecule has 0 radical (unpaired) electrons. The van der Waals surface area contributed by atoms with E-state index in [1.54, 1.807) is 0 Å². The highest BCUT2D eigenvalue weighted by molar-refractivity contribution is 9.10. The fourth-order valence-electron chi connectivity index (χ4n) is 2.07. The summed E-state index contributed by atoms with van der Waals surface area (Å²) in [6.45, 7) is 6.60. The quantitative estimate of drug-likeness (QED) is 0.843. The number of carbonyl (C=O) groups excluding carboxylic acids is 1. The Hall–Kier alpha value is -0.870. The minimum absolute atomic E-state index is 0.00814. The number of amides is 1. The molecule has 0 spiro atoms. The lowest BCUT2D eigenvalue weighted by molar-refractivity contribution is -0.125. The number of nitrogens with one attached hydrogen (secondary N) is 1. The Morgan fingerprint density at radius 1 is 1.37 bits per heavy atom. The van der Waals surface area contributed by atoms with E-state index in [1.807, 2.05) is 31.2 Å². The van der Waals surface area contributed by atoms with Crippen LogP contribution in [0, 0.1) is 11.8 Å². The van der Waals surface area contributed by atoms with Gasteiger partial charge in [-0.1, -0.05) is 41.9 Å². The summed E-state index contributed by atoms with van der Waals surface area (Å²) in [5, 5.41) is 3.04. The first kappa shape index (κ1) is 16.2. The number of nitrogens with two attached hydrogens (primary N) is 1.